The van der Waals surface area contributed by atoms with E-state index in [2.05, 4.69) is 12.1 Å². The van der Waals surface area contributed by atoms with Crippen molar-refractivity contribution in [2.24, 2.45) is 0 Å². The van der Waals surface area contributed by atoms with E-state index in [0.29, 0.717) is 24.0 Å². The van der Waals surface area contributed by atoms with Crippen LogP contribution in [0.15, 0.2) is 48.5 Å². The first-order valence-corrected chi connectivity index (χ1v) is 11.1. The molecule has 2 heterocycles. The van der Waals surface area contributed by atoms with Crippen molar-refractivity contribution in [3.05, 3.63) is 59.1 Å². The molecular formula is C24H26N2O3S. The molecular weight excluding hydrogens is 396 g/mol. The lowest BCUT2D eigenvalue weighted by atomic mass is 9.98. The van der Waals surface area contributed by atoms with Crippen molar-refractivity contribution in [3.63, 3.8) is 0 Å². The fraction of sp³-hybridized carbons (Fsp3) is 0.333. The number of hydrogen-bond donors (Lipinski definition) is 0. The Morgan fingerprint density at radius 3 is 2.93 bits per heavy atom. The maximum absolute atomic E-state index is 12.8. The SMILES string of the molecule is CCOc1ccc(/C=C/C(=O)N2CCC[C@H](c3nc4ccccc4s3)C2)cc1OC. The molecule has 1 fully saturated rings. The van der Waals surface area contributed by atoms with Gasteiger partial charge in [-0.3, -0.25) is 4.79 Å². The molecule has 1 aliphatic heterocycles. The zero-order valence-electron chi connectivity index (χ0n) is 17.3. The van der Waals surface area contributed by atoms with E-state index in [1.165, 1.54) is 4.70 Å². The monoisotopic (exact) mass is 422 g/mol. The van der Waals surface area contributed by atoms with Crippen molar-refractivity contribution in [2.75, 3.05) is 26.8 Å². The van der Waals surface area contributed by atoms with Gasteiger partial charge in [0.15, 0.2) is 11.5 Å². The van der Waals surface area contributed by atoms with Gasteiger partial charge in [-0.05, 0) is 55.7 Å². The van der Waals surface area contributed by atoms with Crippen molar-refractivity contribution in [1.82, 2.24) is 9.88 Å². The number of amides is 1. The van der Waals surface area contributed by atoms with Crippen LogP contribution in [0.5, 0.6) is 11.5 Å². The Morgan fingerprint density at radius 1 is 1.27 bits per heavy atom. The molecule has 1 amide bonds. The van der Waals surface area contributed by atoms with E-state index >= 15 is 0 Å². The fourth-order valence-corrected chi connectivity index (χ4v) is 4.87. The van der Waals surface area contributed by atoms with Crippen LogP contribution in [0.25, 0.3) is 16.3 Å². The Balaban J connectivity index is 1.44. The summed E-state index contributed by atoms with van der Waals surface area (Å²) < 4.78 is 12.1. The number of ether oxygens (including phenoxy) is 2. The number of rotatable bonds is 6. The van der Waals surface area contributed by atoms with Gasteiger partial charge in [0, 0.05) is 25.1 Å². The number of likely N-dealkylation sites (tertiary alicyclic amines) is 1. The molecule has 6 heteroatoms. The first-order valence-electron chi connectivity index (χ1n) is 10.3. The number of thiazole rings is 1. The molecule has 0 radical (unpaired) electrons. The smallest absolute Gasteiger partial charge is 0.246 e. The number of aromatic nitrogens is 1. The van der Waals surface area contributed by atoms with Gasteiger partial charge in [0.05, 0.1) is 28.9 Å². The summed E-state index contributed by atoms with van der Waals surface area (Å²) in [6, 6.07) is 13.9. The highest BCUT2D eigenvalue weighted by Gasteiger charge is 2.26. The molecule has 1 aliphatic rings. The zero-order valence-corrected chi connectivity index (χ0v) is 18.2. The third-order valence-corrected chi connectivity index (χ3v) is 6.50. The molecule has 0 spiro atoms. The number of carbonyl (C=O) groups is 1. The second-order valence-corrected chi connectivity index (χ2v) is 8.38. The van der Waals surface area contributed by atoms with E-state index in [0.717, 1.165) is 42.0 Å². The van der Waals surface area contributed by atoms with Crippen LogP contribution in [-0.4, -0.2) is 42.6 Å². The van der Waals surface area contributed by atoms with Crippen molar-refractivity contribution in [3.8, 4) is 11.5 Å². The maximum Gasteiger partial charge on any atom is 0.246 e. The maximum atomic E-state index is 12.8. The largest absolute Gasteiger partial charge is 0.493 e. The van der Waals surface area contributed by atoms with E-state index in [1.807, 2.05) is 48.2 Å². The van der Waals surface area contributed by atoms with Crippen molar-refractivity contribution < 1.29 is 14.3 Å². The molecule has 3 aromatic rings. The summed E-state index contributed by atoms with van der Waals surface area (Å²) in [5.41, 5.74) is 1.95. The normalized spacial score (nSPS) is 16.9. The van der Waals surface area contributed by atoms with E-state index in [4.69, 9.17) is 14.5 Å². The van der Waals surface area contributed by atoms with Gasteiger partial charge in [-0.15, -0.1) is 11.3 Å². The highest BCUT2D eigenvalue weighted by Crippen LogP contribution is 2.33. The molecule has 1 aromatic heterocycles. The lowest BCUT2D eigenvalue weighted by Gasteiger charge is -2.31. The van der Waals surface area contributed by atoms with Gasteiger partial charge < -0.3 is 14.4 Å². The molecule has 5 nitrogen and oxygen atoms in total. The zero-order chi connectivity index (χ0) is 20.9. The lowest BCUT2D eigenvalue weighted by Crippen LogP contribution is -2.38. The molecule has 30 heavy (non-hydrogen) atoms. The summed E-state index contributed by atoms with van der Waals surface area (Å²) in [4.78, 5) is 19.5. The van der Waals surface area contributed by atoms with Gasteiger partial charge in [-0.2, -0.15) is 0 Å². The fourth-order valence-electron chi connectivity index (χ4n) is 3.78. The number of benzene rings is 2. The summed E-state index contributed by atoms with van der Waals surface area (Å²) >= 11 is 1.74. The van der Waals surface area contributed by atoms with Crippen LogP contribution in [-0.2, 0) is 4.79 Å². The molecule has 1 atom stereocenters. The van der Waals surface area contributed by atoms with Crippen LogP contribution in [0, 0.1) is 0 Å². The third-order valence-electron chi connectivity index (χ3n) is 5.30. The van der Waals surface area contributed by atoms with Crippen LogP contribution in [0.2, 0.25) is 0 Å². The summed E-state index contributed by atoms with van der Waals surface area (Å²) in [6.07, 6.45) is 5.55. The molecule has 1 saturated heterocycles. The number of methoxy groups -OCH3 is 1. The second kappa shape index (κ2) is 9.30. The van der Waals surface area contributed by atoms with Crippen molar-refractivity contribution in [1.29, 1.82) is 0 Å². The van der Waals surface area contributed by atoms with Gasteiger partial charge in [-0.1, -0.05) is 18.2 Å². The molecule has 0 N–H and O–H groups in total. The standard InChI is InChI=1S/C24H26N2O3S/c1-3-29-20-12-10-17(15-21(20)28-2)11-13-23(27)26-14-6-7-18(16-26)24-25-19-8-4-5-9-22(19)30-24/h4-5,8-13,15,18H,3,6-7,14,16H2,1-2H3/b13-11+/t18-/m0/s1. The Bertz CT molecular complexity index is 1030. The summed E-state index contributed by atoms with van der Waals surface area (Å²) in [6.45, 7) is 4.02. The molecule has 0 bridgehead atoms. The summed E-state index contributed by atoms with van der Waals surface area (Å²) in [7, 11) is 1.62. The Kier molecular flexibility index (Phi) is 6.33. The number of nitrogens with zero attached hydrogens (tertiary/aromatic N) is 2. The molecule has 0 aliphatic carbocycles. The van der Waals surface area contributed by atoms with Crippen molar-refractivity contribution >= 4 is 33.5 Å². The molecule has 156 valence electrons. The minimum absolute atomic E-state index is 0.0358. The first-order chi connectivity index (χ1) is 14.7. The number of para-hydroxylation sites is 1. The Morgan fingerprint density at radius 2 is 2.13 bits per heavy atom. The number of carbonyl (C=O) groups excluding carboxylic acids is 1. The molecule has 0 saturated carbocycles. The summed E-state index contributed by atoms with van der Waals surface area (Å²) in [5, 5.41) is 1.13. The minimum Gasteiger partial charge on any atom is -0.493 e. The minimum atomic E-state index is 0.0358. The van der Waals surface area contributed by atoms with Gasteiger partial charge in [-0.25, -0.2) is 4.98 Å². The molecule has 2 aromatic carbocycles. The van der Waals surface area contributed by atoms with Gasteiger partial charge in [0.1, 0.15) is 0 Å². The Labute approximate surface area is 180 Å². The average Bonchev–Trinajstić information content (AvgIpc) is 3.23. The topological polar surface area (TPSA) is 51.7 Å². The third kappa shape index (κ3) is 4.49. The molecule has 0 unspecified atom stereocenters. The first kappa shape index (κ1) is 20.4. The molecule has 4 rings (SSSR count). The van der Waals surface area contributed by atoms with Gasteiger partial charge in [0.2, 0.25) is 5.91 Å². The van der Waals surface area contributed by atoms with Gasteiger partial charge in [0.25, 0.3) is 0 Å². The van der Waals surface area contributed by atoms with Crippen LogP contribution < -0.4 is 9.47 Å². The van der Waals surface area contributed by atoms with Crippen molar-refractivity contribution in [2.45, 2.75) is 25.7 Å². The predicted octanol–water partition coefficient (Wildman–Crippen LogP) is 5.12. The van der Waals surface area contributed by atoms with Crippen LogP contribution in [0.4, 0.5) is 0 Å². The number of fused-ring (bicyclic) bond motifs is 1. The highest BCUT2D eigenvalue weighted by atomic mass is 32.1. The van der Waals surface area contributed by atoms with Crippen LogP contribution in [0.3, 0.4) is 0 Å². The summed E-state index contributed by atoms with van der Waals surface area (Å²) in [5.74, 6) is 1.71. The lowest BCUT2D eigenvalue weighted by molar-refractivity contribution is -0.127. The predicted molar refractivity (Wildman–Crippen MR) is 121 cm³/mol. The second-order valence-electron chi connectivity index (χ2n) is 7.32. The van der Waals surface area contributed by atoms with Crippen LogP contribution >= 0.6 is 11.3 Å². The highest BCUT2D eigenvalue weighted by molar-refractivity contribution is 7.18. The van der Waals surface area contributed by atoms with E-state index < -0.39 is 0 Å². The average molecular weight is 423 g/mol. The van der Waals surface area contributed by atoms with Crippen LogP contribution in [0.1, 0.15) is 36.3 Å². The van der Waals surface area contributed by atoms with E-state index in [9.17, 15) is 4.79 Å². The van der Waals surface area contributed by atoms with Gasteiger partial charge >= 0.3 is 0 Å². The Hall–Kier alpha value is -2.86. The number of piperidine rings is 1. The van der Waals surface area contributed by atoms with E-state index in [1.54, 1.807) is 24.5 Å². The number of hydrogen-bond acceptors (Lipinski definition) is 5. The van der Waals surface area contributed by atoms with E-state index in [-0.39, 0.29) is 5.91 Å². The quantitative estimate of drug-likeness (QED) is 0.517.